The van der Waals surface area contributed by atoms with E-state index in [1.165, 1.54) is 4.68 Å². The predicted molar refractivity (Wildman–Crippen MR) is 78.2 cm³/mol. The van der Waals surface area contributed by atoms with Crippen molar-refractivity contribution in [1.82, 2.24) is 9.78 Å². The van der Waals surface area contributed by atoms with E-state index in [4.69, 9.17) is 0 Å². The van der Waals surface area contributed by atoms with Gasteiger partial charge < -0.3 is 10.4 Å². The molecule has 2 unspecified atom stereocenters. The summed E-state index contributed by atoms with van der Waals surface area (Å²) in [7, 11) is 0. The van der Waals surface area contributed by atoms with Gasteiger partial charge in [-0.05, 0) is 41.1 Å². The zero-order chi connectivity index (χ0) is 13.8. The standard InChI is InChI=1S/C13H18BrN3O2/c1-2-5-17-13(19)12(14)11(8-16-17)15-7-9-3-4-10(18)6-9/h2,8-10,15,18H,1,3-7H2. The van der Waals surface area contributed by atoms with Gasteiger partial charge in [-0.1, -0.05) is 6.08 Å². The van der Waals surface area contributed by atoms with E-state index in [9.17, 15) is 9.90 Å². The minimum Gasteiger partial charge on any atom is -0.393 e. The molecule has 1 saturated carbocycles. The minimum absolute atomic E-state index is 0.170. The van der Waals surface area contributed by atoms with Crippen molar-refractivity contribution in [2.24, 2.45) is 5.92 Å². The molecule has 6 heteroatoms. The van der Waals surface area contributed by atoms with Gasteiger partial charge in [-0.2, -0.15) is 5.10 Å². The van der Waals surface area contributed by atoms with Crippen molar-refractivity contribution in [2.75, 3.05) is 11.9 Å². The molecule has 0 aromatic carbocycles. The Bertz CT molecular complexity index is 515. The van der Waals surface area contributed by atoms with Crippen LogP contribution in [0.3, 0.4) is 0 Å². The van der Waals surface area contributed by atoms with E-state index < -0.39 is 0 Å². The molecule has 0 radical (unpaired) electrons. The fourth-order valence-electron chi connectivity index (χ4n) is 2.33. The Morgan fingerprint density at radius 3 is 3.05 bits per heavy atom. The molecule has 5 nitrogen and oxygen atoms in total. The maximum absolute atomic E-state index is 12.0. The minimum atomic E-state index is -0.172. The lowest BCUT2D eigenvalue weighted by atomic mass is 10.1. The Labute approximate surface area is 120 Å². The van der Waals surface area contributed by atoms with Crippen LogP contribution in [0.15, 0.2) is 28.1 Å². The summed E-state index contributed by atoms with van der Waals surface area (Å²) in [5, 5.41) is 16.8. The van der Waals surface area contributed by atoms with Gasteiger partial charge in [-0.15, -0.1) is 6.58 Å². The summed E-state index contributed by atoms with van der Waals surface area (Å²) in [6, 6.07) is 0. The van der Waals surface area contributed by atoms with Gasteiger partial charge in [0.25, 0.3) is 5.56 Å². The van der Waals surface area contributed by atoms with Crippen LogP contribution in [0.4, 0.5) is 5.69 Å². The number of hydrogen-bond acceptors (Lipinski definition) is 4. The molecular weight excluding hydrogens is 310 g/mol. The zero-order valence-electron chi connectivity index (χ0n) is 10.7. The highest BCUT2D eigenvalue weighted by Crippen LogP contribution is 2.26. The Balaban J connectivity index is 2.03. The third kappa shape index (κ3) is 3.45. The van der Waals surface area contributed by atoms with Crippen LogP contribution >= 0.6 is 15.9 Å². The van der Waals surface area contributed by atoms with Crippen LogP contribution in [-0.4, -0.2) is 27.5 Å². The topological polar surface area (TPSA) is 67.2 Å². The van der Waals surface area contributed by atoms with Crippen LogP contribution in [0.25, 0.3) is 0 Å². The lowest BCUT2D eigenvalue weighted by molar-refractivity contribution is 0.178. The highest BCUT2D eigenvalue weighted by atomic mass is 79.9. The van der Waals surface area contributed by atoms with Crippen LogP contribution < -0.4 is 10.9 Å². The lowest BCUT2D eigenvalue weighted by Crippen LogP contribution is -2.24. The van der Waals surface area contributed by atoms with Crippen LogP contribution in [0.1, 0.15) is 19.3 Å². The van der Waals surface area contributed by atoms with E-state index in [1.807, 2.05) is 0 Å². The van der Waals surface area contributed by atoms with Crippen LogP contribution in [-0.2, 0) is 6.54 Å². The molecule has 19 heavy (non-hydrogen) atoms. The maximum Gasteiger partial charge on any atom is 0.283 e. The summed E-state index contributed by atoms with van der Waals surface area (Å²) in [6.45, 7) is 4.74. The molecule has 1 heterocycles. The first-order chi connectivity index (χ1) is 9.11. The van der Waals surface area contributed by atoms with Gasteiger partial charge in [0.05, 0.1) is 24.5 Å². The quantitative estimate of drug-likeness (QED) is 0.809. The number of aliphatic hydroxyl groups is 1. The summed E-state index contributed by atoms with van der Waals surface area (Å²) in [4.78, 5) is 12.0. The average molecular weight is 328 g/mol. The van der Waals surface area contributed by atoms with Crippen molar-refractivity contribution in [3.8, 4) is 0 Å². The first kappa shape index (κ1) is 14.3. The van der Waals surface area contributed by atoms with Crippen molar-refractivity contribution in [1.29, 1.82) is 0 Å². The lowest BCUT2D eigenvalue weighted by Gasteiger charge is -2.13. The van der Waals surface area contributed by atoms with Gasteiger partial charge in [0.15, 0.2) is 0 Å². The number of anilines is 1. The highest BCUT2D eigenvalue weighted by molar-refractivity contribution is 9.10. The van der Waals surface area contributed by atoms with Crippen LogP contribution in [0, 0.1) is 5.92 Å². The average Bonchev–Trinajstić information content (AvgIpc) is 2.80. The Morgan fingerprint density at radius 1 is 1.63 bits per heavy atom. The highest BCUT2D eigenvalue weighted by Gasteiger charge is 2.22. The molecule has 0 aliphatic heterocycles. The number of aromatic nitrogens is 2. The first-order valence-electron chi connectivity index (χ1n) is 6.40. The van der Waals surface area contributed by atoms with Gasteiger partial charge in [-0.25, -0.2) is 4.68 Å². The number of aliphatic hydroxyl groups excluding tert-OH is 1. The number of nitrogens with one attached hydrogen (secondary N) is 1. The number of halogens is 1. The third-order valence-electron chi connectivity index (χ3n) is 3.38. The molecule has 2 atom stereocenters. The molecule has 2 rings (SSSR count). The fraction of sp³-hybridized carbons (Fsp3) is 0.538. The van der Waals surface area contributed by atoms with Gasteiger partial charge in [0.1, 0.15) is 4.47 Å². The number of rotatable bonds is 5. The van der Waals surface area contributed by atoms with Gasteiger partial charge >= 0.3 is 0 Å². The van der Waals surface area contributed by atoms with E-state index in [2.05, 4.69) is 32.9 Å². The van der Waals surface area contributed by atoms with E-state index in [0.717, 1.165) is 25.8 Å². The van der Waals surface area contributed by atoms with Gasteiger partial charge in [0.2, 0.25) is 0 Å². The summed E-state index contributed by atoms with van der Waals surface area (Å²) in [5.74, 6) is 0.456. The maximum atomic E-state index is 12.0. The summed E-state index contributed by atoms with van der Waals surface area (Å²) < 4.78 is 1.84. The van der Waals surface area contributed by atoms with Crippen molar-refractivity contribution in [3.63, 3.8) is 0 Å². The molecule has 0 saturated heterocycles. The molecule has 0 bridgehead atoms. The Morgan fingerprint density at radius 2 is 2.42 bits per heavy atom. The summed E-state index contributed by atoms with van der Waals surface area (Å²) in [5.41, 5.74) is 0.531. The summed E-state index contributed by atoms with van der Waals surface area (Å²) in [6.07, 6.45) is 5.81. The molecule has 2 N–H and O–H groups in total. The molecule has 0 spiro atoms. The van der Waals surface area contributed by atoms with E-state index in [1.54, 1.807) is 12.3 Å². The third-order valence-corrected chi connectivity index (χ3v) is 4.15. The first-order valence-corrected chi connectivity index (χ1v) is 7.19. The summed E-state index contributed by atoms with van der Waals surface area (Å²) >= 11 is 3.30. The molecular formula is C13H18BrN3O2. The molecule has 104 valence electrons. The molecule has 1 fully saturated rings. The van der Waals surface area contributed by atoms with Gasteiger partial charge in [0, 0.05) is 6.54 Å². The second kappa shape index (κ2) is 6.34. The number of nitrogens with zero attached hydrogens (tertiary/aromatic N) is 2. The van der Waals surface area contributed by atoms with E-state index >= 15 is 0 Å². The van der Waals surface area contributed by atoms with Crippen molar-refractivity contribution < 1.29 is 5.11 Å². The number of hydrogen-bond donors (Lipinski definition) is 2. The van der Waals surface area contributed by atoms with E-state index in [0.29, 0.717) is 22.6 Å². The Kier molecular flexibility index (Phi) is 4.76. The molecule has 1 aromatic heterocycles. The normalized spacial score (nSPS) is 22.4. The molecule has 1 aromatic rings. The zero-order valence-corrected chi connectivity index (χ0v) is 12.3. The fourth-order valence-corrected chi connectivity index (χ4v) is 2.78. The molecule has 1 aliphatic rings. The second-order valence-electron chi connectivity index (χ2n) is 4.86. The van der Waals surface area contributed by atoms with Crippen LogP contribution in [0.2, 0.25) is 0 Å². The number of allylic oxidation sites excluding steroid dienone is 1. The van der Waals surface area contributed by atoms with Crippen LogP contribution in [0.5, 0.6) is 0 Å². The largest absolute Gasteiger partial charge is 0.393 e. The Hall–Kier alpha value is -1.14. The second-order valence-corrected chi connectivity index (χ2v) is 5.65. The van der Waals surface area contributed by atoms with Crippen molar-refractivity contribution in [2.45, 2.75) is 31.9 Å². The predicted octanol–water partition coefficient (Wildman–Crippen LogP) is 1.76. The van der Waals surface area contributed by atoms with E-state index in [-0.39, 0.29) is 11.7 Å². The smallest absolute Gasteiger partial charge is 0.283 e. The van der Waals surface area contributed by atoms with Gasteiger partial charge in [-0.3, -0.25) is 4.79 Å². The molecule has 1 aliphatic carbocycles. The SMILES string of the molecule is C=CCn1ncc(NCC2CCC(O)C2)c(Br)c1=O. The van der Waals surface area contributed by atoms with Crippen molar-refractivity contribution in [3.05, 3.63) is 33.7 Å². The molecule has 0 amide bonds. The monoisotopic (exact) mass is 327 g/mol. The van der Waals surface area contributed by atoms with Crippen molar-refractivity contribution >= 4 is 21.6 Å².